The van der Waals surface area contributed by atoms with Crippen molar-refractivity contribution in [1.29, 1.82) is 0 Å². The van der Waals surface area contributed by atoms with Gasteiger partial charge in [-0.3, -0.25) is 4.79 Å². The molecule has 106 valence electrons. The Morgan fingerprint density at radius 3 is 2.78 bits per heavy atom. The lowest BCUT2D eigenvalue weighted by atomic mass is 10.0. The summed E-state index contributed by atoms with van der Waals surface area (Å²) in [5.41, 5.74) is -0.332. The molecule has 2 unspecified atom stereocenters. The number of hydrogen-bond donors (Lipinski definition) is 2. The summed E-state index contributed by atoms with van der Waals surface area (Å²) in [6.45, 7) is 8.56. The summed E-state index contributed by atoms with van der Waals surface area (Å²) >= 11 is 0. The fraction of sp³-hybridized carbons (Fsp3) is 0.923. The van der Waals surface area contributed by atoms with E-state index < -0.39 is 0 Å². The highest BCUT2D eigenvalue weighted by molar-refractivity contribution is 5.79. The molecule has 1 amide bonds. The van der Waals surface area contributed by atoms with Crippen LogP contribution in [0, 0.1) is 5.92 Å². The third-order valence-corrected chi connectivity index (χ3v) is 3.31. The average molecular weight is 258 g/mol. The largest absolute Gasteiger partial charge is 0.379 e. The van der Waals surface area contributed by atoms with E-state index in [4.69, 9.17) is 9.47 Å². The fourth-order valence-corrected chi connectivity index (χ4v) is 1.85. The number of hydrogen-bond acceptors (Lipinski definition) is 4. The summed E-state index contributed by atoms with van der Waals surface area (Å²) in [6.07, 6.45) is 1.06. The van der Waals surface area contributed by atoms with Crippen LogP contribution in [0.5, 0.6) is 0 Å². The van der Waals surface area contributed by atoms with Crippen LogP contribution in [0.3, 0.4) is 0 Å². The van der Waals surface area contributed by atoms with Crippen molar-refractivity contribution in [2.24, 2.45) is 5.92 Å². The number of rotatable bonds is 7. The number of amides is 1. The van der Waals surface area contributed by atoms with Crippen LogP contribution >= 0.6 is 0 Å². The second-order valence-corrected chi connectivity index (χ2v) is 5.39. The van der Waals surface area contributed by atoms with Gasteiger partial charge in [0.05, 0.1) is 24.7 Å². The summed E-state index contributed by atoms with van der Waals surface area (Å²) in [4.78, 5) is 12.1. The molecule has 5 heteroatoms. The first-order chi connectivity index (χ1) is 8.50. The van der Waals surface area contributed by atoms with Crippen LogP contribution in [0.25, 0.3) is 0 Å². The van der Waals surface area contributed by atoms with Gasteiger partial charge in [0, 0.05) is 19.7 Å². The van der Waals surface area contributed by atoms with E-state index in [9.17, 15) is 4.79 Å². The number of methoxy groups -OCH3 is 1. The van der Waals surface area contributed by atoms with Crippen LogP contribution in [0.15, 0.2) is 0 Å². The quantitative estimate of drug-likeness (QED) is 0.700. The van der Waals surface area contributed by atoms with Gasteiger partial charge < -0.3 is 20.1 Å². The maximum absolute atomic E-state index is 12.1. The number of ether oxygens (including phenoxy) is 2. The van der Waals surface area contributed by atoms with E-state index in [1.165, 1.54) is 0 Å². The van der Waals surface area contributed by atoms with Crippen molar-refractivity contribution in [3.8, 4) is 0 Å². The SMILES string of the molecule is CCCNC1COCC1C(=O)NCC(C)(C)OC. The Balaban J connectivity index is 2.40. The molecule has 1 aliphatic heterocycles. The van der Waals surface area contributed by atoms with E-state index in [1.54, 1.807) is 7.11 Å². The molecule has 0 aromatic rings. The van der Waals surface area contributed by atoms with Crippen molar-refractivity contribution in [3.05, 3.63) is 0 Å². The van der Waals surface area contributed by atoms with Crippen molar-refractivity contribution in [2.75, 3.05) is 33.4 Å². The van der Waals surface area contributed by atoms with Crippen molar-refractivity contribution in [3.63, 3.8) is 0 Å². The van der Waals surface area contributed by atoms with E-state index in [0.717, 1.165) is 13.0 Å². The first-order valence-electron chi connectivity index (χ1n) is 6.64. The van der Waals surface area contributed by atoms with Gasteiger partial charge in [-0.15, -0.1) is 0 Å². The standard InChI is InChI=1S/C13H26N2O3/c1-5-6-14-11-8-18-7-10(11)12(16)15-9-13(2,3)17-4/h10-11,14H,5-9H2,1-4H3,(H,15,16). The summed E-state index contributed by atoms with van der Waals surface area (Å²) in [6, 6.07) is 0.135. The zero-order valence-electron chi connectivity index (χ0n) is 11.9. The highest BCUT2D eigenvalue weighted by Gasteiger charge is 2.34. The molecule has 18 heavy (non-hydrogen) atoms. The van der Waals surface area contributed by atoms with E-state index in [2.05, 4.69) is 17.6 Å². The van der Waals surface area contributed by atoms with Crippen molar-refractivity contribution in [2.45, 2.75) is 38.8 Å². The van der Waals surface area contributed by atoms with Crippen molar-refractivity contribution < 1.29 is 14.3 Å². The van der Waals surface area contributed by atoms with Gasteiger partial charge in [0.15, 0.2) is 0 Å². The lowest BCUT2D eigenvalue weighted by molar-refractivity contribution is -0.126. The fourth-order valence-electron chi connectivity index (χ4n) is 1.85. The normalized spacial score (nSPS) is 24.2. The van der Waals surface area contributed by atoms with Crippen LogP contribution in [-0.4, -0.2) is 51.0 Å². The first kappa shape index (κ1) is 15.4. The molecular formula is C13H26N2O3. The molecule has 0 aliphatic carbocycles. The van der Waals surface area contributed by atoms with Crippen LogP contribution in [0.1, 0.15) is 27.2 Å². The molecular weight excluding hydrogens is 232 g/mol. The molecule has 0 saturated carbocycles. The first-order valence-corrected chi connectivity index (χ1v) is 6.64. The topological polar surface area (TPSA) is 59.6 Å². The van der Waals surface area contributed by atoms with Crippen molar-refractivity contribution >= 4 is 5.91 Å². The zero-order valence-corrected chi connectivity index (χ0v) is 11.9. The number of carbonyl (C=O) groups excluding carboxylic acids is 1. The molecule has 1 saturated heterocycles. The highest BCUT2D eigenvalue weighted by atomic mass is 16.5. The van der Waals surface area contributed by atoms with E-state index in [1.807, 2.05) is 13.8 Å². The second-order valence-electron chi connectivity index (χ2n) is 5.39. The van der Waals surface area contributed by atoms with E-state index >= 15 is 0 Å². The molecule has 2 N–H and O–H groups in total. The third-order valence-electron chi connectivity index (χ3n) is 3.31. The molecule has 0 aromatic carbocycles. The van der Waals surface area contributed by atoms with E-state index in [0.29, 0.717) is 19.8 Å². The van der Waals surface area contributed by atoms with Gasteiger partial charge in [0.1, 0.15) is 0 Å². The number of carbonyl (C=O) groups is 1. The minimum atomic E-state index is -0.332. The van der Waals surface area contributed by atoms with Crippen LogP contribution < -0.4 is 10.6 Å². The van der Waals surface area contributed by atoms with Gasteiger partial charge in [0.2, 0.25) is 5.91 Å². The van der Waals surface area contributed by atoms with Crippen LogP contribution in [0.2, 0.25) is 0 Å². The minimum Gasteiger partial charge on any atom is -0.379 e. The monoisotopic (exact) mass is 258 g/mol. The zero-order chi connectivity index (χ0) is 13.6. The molecule has 1 fully saturated rings. The van der Waals surface area contributed by atoms with Gasteiger partial charge in [-0.1, -0.05) is 6.92 Å². The summed E-state index contributed by atoms with van der Waals surface area (Å²) in [5.74, 6) is -0.0459. The second kappa shape index (κ2) is 7.07. The molecule has 0 aromatic heterocycles. The smallest absolute Gasteiger partial charge is 0.227 e. The summed E-state index contributed by atoms with van der Waals surface area (Å²) in [5, 5.41) is 6.29. The Morgan fingerprint density at radius 2 is 2.17 bits per heavy atom. The third kappa shape index (κ3) is 4.55. The molecule has 0 bridgehead atoms. The maximum atomic E-state index is 12.1. The highest BCUT2D eigenvalue weighted by Crippen LogP contribution is 2.14. The minimum absolute atomic E-state index is 0.0474. The Labute approximate surface area is 110 Å². The molecule has 0 spiro atoms. The van der Waals surface area contributed by atoms with Gasteiger partial charge in [-0.05, 0) is 26.8 Å². The Kier molecular flexibility index (Phi) is 6.05. The van der Waals surface area contributed by atoms with Crippen molar-refractivity contribution in [1.82, 2.24) is 10.6 Å². The predicted molar refractivity (Wildman–Crippen MR) is 70.5 cm³/mol. The number of nitrogens with one attached hydrogen (secondary N) is 2. The molecule has 0 radical (unpaired) electrons. The lowest BCUT2D eigenvalue weighted by Crippen LogP contribution is -2.47. The Bertz CT molecular complexity index is 269. The molecule has 1 aliphatic rings. The van der Waals surface area contributed by atoms with Gasteiger partial charge >= 0.3 is 0 Å². The Morgan fingerprint density at radius 1 is 1.44 bits per heavy atom. The molecule has 5 nitrogen and oxygen atoms in total. The van der Waals surface area contributed by atoms with Crippen LogP contribution in [-0.2, 0) is 14.3 Å². The average Bonchev–Trinajstić information content (AvgIpc) is 2.82. The Hall–Kier alpha value is -0.650. The van der Waals surface area contributed by atoms with Crippen LogP contribution in [0.4, 0.5) is 0 Å². The summed E-state index contributed by atoms with van der Waals surface area (Å²) < 4.78 is 10.7. The molecule has 2 atom stereocenters. The molecule has 1 heterocycles. The lowest BCUT2D eigenvalue weighted by Gasteiger charge is -2.25. The van der Waals surface area contributed by atoms with Gasteiger partial charge in [-0.25, -0.2) is 0 Å². The molecule has 1 rings (SSSR count). The summed E-state index contributed by atoms with van der Waals surface area (Å²) in [7, 11) is 1.65. The van der Waals surface area contributed by atoms with E-state index in [-0.39, 0.29) is 23.5 Å². The predicted octanol–water partition coefficient (Wildman–Crippen LogP) is 0.542. The van der Waals surface area contributed by atoms with Gasteiger partial charge in [0.25, 0.3) is 0 Å². The maximum Gasteiger partial charge on any atom is 0.227 e. The van der Waals surface area contributed by atoms with Gasteiger partial charge in [-0.2, -0.15) is 0 Å².